The summed E-state index contributed by atoms with van der Waals surface area (Å²) in [7, 11) is -3.71. The van der Waals surface area contributed by atoms with Crippen LogP contribution in [-0.2, 0) is 10.0 Å². The predicted octanol–water partition coefficient (Wildman–Crippen LogP) is 1.76. The lowest BCUT2D eigenvalue weighted by atomic mass is 10.1. The maximum atomic E-state index is 11.3. The molecule has 1 aliphatic heterocycles. The number of halogens is 1. The third-order valence-corrected chi connectivity index (χ3v) is 5.19. The number of ether oxygens (including phenoxy) is 1. The summed E-state index contributed by atoms with van der Waals surface area (Å²) in [6.45, 7) is 1.85. The maximum absolute atomic E-state index is 11.3. The summed E-state index contributed by atoms with van der Waals surface area (Å²) >= 11 is 3.40. The van der Waals surface area contributed by atoms with Gasteiger partial charge in [-0.15, -0.1) is 0 Å². The van der Waals surface area contributed by atoms with Gasteiger partial charge in [0, 0.05) is 5.69 Å². The van der Waals surface area contributed by atoms with E-state index in [0.717, 1.165) is 25.9 Å². The van der Waals surface area contributed by atoms with E-state index in [0.29, 0.717) is 22.0 Å². The van der Waals surface area contributed by atoms with Crippen molar-refractivity contribution < 1.29 is 13.2 Å². The summed E-state index contributed by atoms with van der Waals surface area (Å²) in [6, 6.07) is 6.03. The number of primary sulfonamides is 1. The van der Waals surface area contributed by atoms with Crippen LogP contribution in [0, 0.1) is 0 Å². The van der Waals surface area contributed by atoms with Crippen LogP contribution >= 0.6 is 15.9 Å². The van der Waals surface area contributed by atoms with Gasteiger partial charge in [-0.05, 0) is 66.1 Å². The molecule has 1 aliphatic rings. The first kappa shape index (κ1) is 18.1. The molecule has 0 bridgehead atoms. The van der Waals surface area contributed by atoms with Crippen molar-refractivity contribution in [3.05, 3.63) is 34.9 Å². The minimum absolute atomic E-state index is 0.0460. The molecule has 0 amide bonds. The van der Waals surface area contributed by atoms with E-state index in [1.165, 1.54) is 12.1 Å². The average Bonchev–Trinajstić information content (AvgIpc) is 2.58. The summed E-state index contributed by atoms with van der Waals surface area (Å²) in [4.78, 5) is 8.62. The van der Waals surface area contributed by atoms with Gasteiger partial charge in [0.1, 0.15) is 6.10 Å². The van der Waals surface area contributed by atoms with Crippen molar-refractivity contribution in [1.82, 2.24) is 15.3 Å². The van der Waals surface area contributed by atoms with Crippen LogP contribution in [0.25, 0.3) is 0 Å². The molecule has 10 heteroatoms. The number of nitrogens with one attached hydrogen (secondary N) is 2. The molecule has 0 spiro atoms. The fourth-order valence-electron chi connectivity index (χ4n) is 2.42. The molecule has 0 aliphatic carbocycles. The van der Waals surface area contributed by atoms with Crippen LogP contribution in [0.5, 0.6) is 5.88 Å². The molecule has 4 N–H and O–H groups in total. The lowest BCUT2D eigenvalue weighted by Gasteiger charge is -2.23. The second-order valence-corrected chi connectivity index (χ2v) is 8.02. The monoisotopic (exact) mass is 427 g/mol. The van der Waals surface area contributed by atoms with Gasteiger partial charge < -0.3 is 15.4 Å². The summed E-state index contributed by atoms with van der Waals surface area (Å²) in [5.41, 5.74) is 0.641. The van der Waals surface area contributed by atoms with E-state index in [1.54, 1.807) is 18.3 Å². The Labute approximate surface area is 154 Å². The van der Waals surface area contributed by atoms with Crippen LogP contribution < -0.4 is 20.5 Å². The van der Waals surface area contributed by atoms with Crippen molar-refractivity contribution in [3.63, 3.8) is 0 Å². The molecule has 25 heavy (non-hydrogen) atoms. The summed E-state index contributed by atoms with van der Waals surface area (Å²) in [6.07, 6.45) is 3.58. The van der Waals surface area contributed by atoms with Gasteiger partial charge in [0.2, 0.25) is 21.9 Å². The van der Waals surface area contributed by atoms with Crippen molar-refractivity contribution in [3.8, 4) is 5.88 Å². The predicted molar refractivity (Wildman–Crippen MR) is 97.3 cm³/mol. The maximum Gasteiger partial charge on any atom is 0.238 e. The van der Waals surface area contributed by atoms with Gasteiger partial charge in [-0.1, -0.05) is 0 Å². The highest BCUT2D eigenvalue weighted by atomic mass is 79.9. The van der Waals surface area contributed by atoms with Crippen LogP contribution in [-0.4, -0.2) is 37.6 Å². The van der Waals surface area contributed by atoms with Crippen LogP contribution in [0.4, 0.5) is 11.6 Å². The normalized spacial score (nSPS) is 15.8. The number of anilines is 2. The van der Waals surface area contributed by atoms with E-state index in [4.69, 9.17) is 9.88 Å². The molecule has 2 aromatic rings. The first-order chi connectivity index (χ1) is 11.9. The number of sulfonamides is 1. The molecule has 1 aromatic heterocycles. The Hall–Kier alpha value is -1.75. The summed E-state index contributed by atoms with van der Waals surface area (Å²) < 4.78 is 29.2. The van der Waals surface area contributed by atoms with Gasteiger partial charge in [-0.2, -0.15) is 4.98 Å². The van der Waals surface area contributed by atoms with Gasteiger partial charge in [0.15, 0.2) is 0 Å². The minimum atomic E-state index is -3.71. The number of nitrogens with zero attached hydrogens (tertiary/aromatic N) is 2. The molecule has 0 radical (unpaired) electrons. The molecule has 2 heterocycles. The SMILES string of the molecule is NS(=O)(=O)c1ccc(Nc2ncc(Br)c(OC3CCNCC3)n2)cc1. The molecule has 0 saturated carbocycles. The molecular weight excluding hydrogens is 410 g/mol. The van der Waals surface area contributed by atoms with Crippen LogP contribution in [0.1, 0.15) is 12.8 Å². The van der Waals surface area contributed by atoms with Crippen LogP contribution in [0.3, 0.4) is 0 Å². The van der Waals surface area contributed by atoms with E-state index in [9.17, 15) is 8.42 Å². The minimum Gasteiger partial charge on any atom is -0.473 e. The van der Waals surface area contributed by atoms with E-state index < -0.39 is 10.0 Å². The molecule has 8 nitrogen and oxygen atoms in total. The van der Waals surface area contributed by atoms with Gasteiger partial charge in [0.05, 0.1) is 15.6 Å². The number of aromatic nitrogens is 2. The first-order valence-electron chi connectivity index (χ1n) is 7.71. The second-order valence-electron chi connectivity index (χ2n) is 5.61. The average molecular weight is 428 g/mol. The van der Waals surface area contributed by atoms with E-state index in [2.05, 4.69) is 36.5 Å². The lowest BCUT2D eigenvalue weighted by molar-refractivity contribution is 0.155. The molecule has 0 atom stereocenters. The fourth-order valence-corrected chi connectivity index (χ4v) is 3.22. The highest BCUT2D eigenvalue weighted by Gasteiger charge is 2.17. The Balaban J connectivity index is 1.73. The molecule has 3 rings (SSSR count). The van der Waals surface area contributed by atoms with Crippen LogP contribution in [0.2, 0.25) is 0 Å². The fraction of sp³-hybridized carbons (Fsp3) is 0.333. The number of hydrogen-bond acceptors (Lipinski definition) is 7. The molecule has 1 saturated heterocycles. The number of nitrogens with two attached hydrogens (primary N) is 1. The number of benzene rings is 1. The second kappa shape index (κ2) is 7.65. The van der Waals surface area contributed by atoms with Gasteiger partial charge in [-0.3, -0.25) is 0 Å². The highest BCUT2D eigenvalue weighted by Crippen LogP contribution is 2.26. The van der Waals surface area contributed by atoms with Gasteiger partial charge in [-0.25, -0.2) is 18.5 Å². The number of rotatable bonds is 5. The molecule has 1 fully saturated rings. The molecule has 1 aromatic carbocycles. The third-order valence-electron chi connectivity index (χ3n) is 3.72. The van der Waals surface area contributed by atoms with E-state index >= 15 is 0 Å². The van der Waals surface area contributed by atoms with Crippen molar-refractivity contribution in [1.29, 1.82) is 0 Å². The first-order valence-corrected chi connectivity index (χ1v) is 10.1. The smallest absolute Gasteiger partial charge is 0.238 e. The molecule has 134 valence electrons. The summed E-state index contributed by atoms with van der Waals surface area (Å²) in [5, 5.41) is 11.4. The standard InChI is InChI=1S/C15H18BrN5O3S/c16-13-9-19-15(21-14(13)24-11-5-7-18-8-6-11)20-10-1-3-12(4-2-10)25(17,22)23/h1-4,9,11,18H,5-8H2,(H2,17,22,23)(H,19,20,21). The molecule has 0 unspecified atom stereocenters. The van der Waals surface area contributed by atoms with Gasteiger partial charge >= 0.3 is 0 Å². The Morgan fingerprint density at radius 1 is 1.24 bits per heavy atom. The Bertz CT molecular complexity index is 839. The van der Waals surface area contributed by atoms with Crippen molar-refractivity contribution >= 4 is 37.6 Å². The topological polar surface area (TPSA) is 119 Å². The van der Waals surface area contributed by atoms with Crippen molar-refractivity contribution in [2.75, 3.05) is 18.4 Å². The Morgan fingerprint density at radius 2 is 1.92 bits per heavy atom. The zero-order chi connectivity index (χ0) is 17.9. The zero-order valence-corrected chi connectivity index (χ0v) is 15.7. The number of hydrogen-bond donors (Lipinski definition) is 3. The Morgan fingerprint density at radius 3 is 2.56 bits per heavy atom. The summed E-state index contributed by atoms with van der Waals surface area (Å²) in [5.74, 6) is 0.834. The number of piperidine rings is 1. The molecular formula is C15H18BrN5O3S. The van der Waals surface area contributed by atoms with Gasteiger partial charge in [0.25, 0.3) is 0 Å². The van der Waals surface area contributed by atoms with Crippen LogP contribution in [0.15, 0.2) is 39.8 Å². The lowest BCUT2D eigenvalue weighted by Crippen LogP contribution is -2.34. The van der Waals surface area contributed by atoms with E-state index in [1.807, 2.05) is 0 Å². The largest absolute Gasteiger partial charge is 0.473 e. The Kier molecular flexibility index (Phi) is 5.52. The quantitative estimate of drug-likeness (QED) is 0.664. The highest BCUT2D eigenvalue weighted by molar-refractivity contribution is 9.10. The van der Waals surface area contributed by atoms with Crippen molar-refractivity contribution in [2.45, 2.75) is 23.8 Å². The third kappa shape index (κ3) is 4.88. The zero-order valence-electron chi connectivity index (χ0n) is 13.3. The van der Waals surface area contributed by atoms with Crippen molar-refractivity contribution in [2.24, 2.45) is 5.14 Å². The van der Waals surface area contributed by atoms with E-state index in [-0.39, 0.29) is 11.0 Å².